The van der Waals surface area contributed by atoms with Crippen molar-refractivity contribution in [1.82, 2.24) is 9.78 Å². The average molecular weight is 182 g/mol. The number of ether oxygens (including phenoxy) is 1. The number of aliphatic hydroxyl groups is 1. The van der Waals surface area contributed by atoms with Crippen molar-refractivity contribution < 1.29 is 9.84 Å². The number of hydrogen-bond donors (Lipinski definition) is 1. The number of rotatable bonds is 2. The Morgan fingerprint density at radius 3 is 3.23 bits per heavy atom. The Morgan fingerprint density at radius 2 is 2.62 bits per heavy atom. The molecule has 0 amide bonds. The Labute approximate surface area is 77.1 Å². The van der Waals surface area contributed by atoms with E-state index in [0.717, 1.165) is 18.6 Å². The molecule has 0 bridgehead atoms. The van der Waals surface area contributed by atoms with E-state index < -0.39 is 0 Å². The minimum atomic E-state index is 0.0405. The zero-order chi connectivity index (χ0) is 9.26. The fraction of sp³-hybridized carbons (Fsp3) is 0.667. The molecule has 4 nitrogen and oxygen atoms in total. The van der Waals surface area contributed by atoms with Crippen LogP contribution in [-0.2, 0) is 11.8 Å². The van der Waals surface area contributed by atoms with Gasteiger partial charge < -0.3 is 9.84 Å². The lowest BCUT2D eigenvalue weighted by Gasteiger charge is -2.13. The quantitative estimate of drug-likeness (QED) is 0.724. The highest BCUT2D eigenvalue weighted by molar-refractivity contribution is 5.10. The third-order valence-electron chi connectivity index (χ3n) is 2.50. The molecular weight excluding hydrogens is 168 g/mol. The van der Waals surface area contributed by atoms with Gasteiger partial charge in [0.05, 0.1) is 12.3 Å². The Bertz CT molecular complexity index is 285. The molecule has 0 aromatic carbocycles. The Hall–Kier alpha value is -0.870. The fourth-order valence-electron chi connectivity index (χ4n) is 1.78. The molecule has 2 rings (SSSR count). The predicted molar refractivity (Wildman–Crippen MR) is 47.1 cm³/mol. The highest BCUT2D eigenvalue weighted by Crippen LogP contribution is 2.33. The van der Waals surface area contributed by atoms with Crippen LogP contribution >= 0.6 is 0 Å². The smallest absolute Gasteiger partial charge is 0.0906 e. The summed E-state index contributed by atoms with van der Waals surface area (Å²) in [6, 6.07) is 0. The van der Waals surface area contributed by atoms with Gasteiger partial charge in [-0.1, -0.05) is 0 Å². The van der Waals surface area contributed by atoms with Crippen LogP contribution < -0.4 is 0 Å². The highest BCUT2D eigenvalue weighted by atomic mass is 16.5. The van der Waals surface area contributed by atoms with Crippen LogP contribution in [0, 0.1) is 5.92 Å². The van der Waals surface area contributed by atoms with Crippen LogP contribution in [0.2, 0.25) is 0 Å². The lowest BCUT2D eigenvalue weighted by Crippen LogP contribution is -2.10. The molecule has 1 saturated heterocycles. The summed E-state index contributed by atoms with van der Waals surface area (Å²) >= 11 is 0. The maximum absolute atomic E-state index is 9.10. The lowest BCUT2D eigenvalue weighted by atomic mass is 9.99. The summed E-state index contributed by atoms with van der Waals surface area (Å²) in [4.78, 5) is 0. The molecule has 2 heterocycles. The Balaban J connectivity index is 2.15. The summed E-state index contributed by atoms with van der Waals surface area (Å²) in [7, 11) is 1.88. The molecule has 0 radical (unpaired) electrons. The van der Waals surface area contributed by atoms with Gasteiger partial charge in [0.1, 0.15) is 0 Å². The van der Waals surface area contributed by atoms with Crippen LogP contribution in [0.15, 0.2) is 12.4 Å². The summed E-state index contributed by atoms with van der Waals surface area (Å²) < 4.78 is 7.30. The fourth-order valence-corrected chi connectivity index (χ4v) is 1.78. The maximum Gasteiger partial charge on any atom is 0.0906 e. The Kier molecular flexibility index (Phi) is 2.33. The van der Waals surface area contributed by atoms with Gasteiger partial charge in [-0.25, -0.2) is 0 Å². The van der Waals surface area contributed by atoms with E-state index in [2.05, 4.69) is 5.10 Å². The molecule has 4 heteroatoms. The molecule has 1 aliphatic rings. The molecule has 0 spiro atoms. The van der Waals surface area contributed by atoms with Gasteiger partial charge in [-0.05, 0) is 6.42 Å². The van der Waals surface area contributed by atoms with Gasteiger partial charge in [0.25, 0.3) is 0 Å². The van der Waals surface area contributed by atoms with Gasteiger partial charge in [0, 0.05) is 37.9 Å². The predicted octanol–water partition coefficient (Wildman–Crippen LogP) is 0.490. The van der Waals surface area contributed by atoms with Gasteiger partial charge in [-0.15, -0.1) is 0 Å². The molecular formula is C9H14N2O2. The van der Waals surface area contributed by atoms with Gasteiger partial charge in [-0.3, -0.25) is 4.68 Å². The van der Waals surface area contributed by atoms with E-state index >= 15 is 0 Å². The van der Waals surface area contributed by atoms with Gasteiger partial charge in [-0.2, -0.15) is 5.10 Å². The van der Waals surface area contributed by atoms with Crippen molar-refractivity contribution in [3.05, 3.63) is 18.0 Å². The third-order valence-corrected chi connectivity index (χ3v) is 2.50. The summed E-state index contributed by atoms with van der Waals surface area (Å²) in [5.74, 6) is 0.240. The SMILES string of the molecule is Cn1cc([C@@H]2OCC[C@H]2CO)cn1. The van der Waals surface area contributed by atoms with Crippen molar-refractivity contribution in [1.29, 1.82) is 0 Å². The number of aryl methyl sites for hydroxylation is 1. The highest BCUT2D eigenvalue weighted by Gasteiger charge is 2.29. The normalized spacial score (nSPS) is 28.2. The van der Waals surface area contributed by atoms with Crippen LogP contribution in [0.5, 0.6) is 0 Å². The van der Waals surface area contributed by atoms with E-state index in [9.17, 15) is 0 Å². The van der Waals surface area contributed by atoms with E-state index in [-0.39, 0.29) is 18.6 Å². The monoisotopic (exact) mass is 182 g/mol. The van der Waals surface area contributed by atoms with E-state index in [1.807, 2.05) is 13.2 Å². The topological polar surface area (TPSA) is 47.3 Å². The summed E-state index contributed by atoms with van der Waals surface area (Å²) in [5, 5.41) is 13.2. The van der Waals surface area contributed by atoms with Crippen molar-refractivity contribution in [2.45, 2.75) is 12.5 Å². The summed E-state index contributed by atoms with van der Waals surface area (Å²) in [6.07, 6.45) is 4.73. The molecule has 1 aliphatic heterocycles. The summed E-state index contributed by atoms with van der Waals surface area (Å²) in [6.45, 7) is 0.935. The Morgan fingerprint density at radius 1 is 1.77 bits per heavy atom. The van der Waals surface area contributed by atoms with E-state index in [4.69, 9.17) is 9.84 Å². The molecule has 2 atom stereocenters. The van der Waals surface area contributed by atoms with Crippen LogP contribution in [0.3, 0.4) is 0 Å². The second-order valence-electron chi connectivity index (χ2n) is 3.47. The first-order valence-corrected chi connectivity index (χ1v) is 4.52. The number of nitrogens with zero attached hydrogens (tertiary/aromatic N) is 2. The molecule has 1 fully saturated rings. The van der Waals surface area contributed by atoms with Crippen LogP contribution in [0.4, 0.5) is 0 Å². The molecule has 13 heavy (non-hydrogen) atoms. The van der Waals surface area contributed by atoms with Gasteiger partial charge in [0.15, 0.2) is 0 Å². The van der Waals surface area contributed by atoms with Crippen LogP contribution in [-0.4, -0.2) is 28.1 Å². The van der Waals surface area contributed by atoms with Crippen molar-refractivity contribution in [3.8, 4) is 0 Å². The van der Waals surface area contributed by atoms with E-state index in [1.54, 1.807) is 10.9 Å². The van der Waals surface area contributed by atoms with Crippen molar-refractivity contribution in [3.63, 3.8) is 0 Å². The molecule has 0 unspecified atom stereocenters. The standard InChI is InChI=1S/C9H14N2O2/c1-11-5-8(4-10-11)9-7(6-12)2-3-13-9/h4-5,7,9,12H,2-3,6H2,1H3/t7-,9+/m0/s1. The van der Waals surface area contributed by atoms with E-state index in [0.29, 0.717) is 0 Å². The number of hydrogen-bond acceptors (Lipinski definition) is 3. The van der Waals surface area contributed by atoms with Gasteiger partial charge >= 0.3 is 0 Å². The van der Waals surface area contributed by atoms with Crippen molar-refractivity contribution >= 4 is 0 Å². The molecule has 1 aromatic rings. The van der Waals surface area contributed by atoms with Crippen molar-refractivity contribution in [2.75, 3.05) is 13.2 Å². The maximum atomic E-state index is 9.10. The first-order chi connectivity index (χ1) is 6.31. The lowest BCUT2D eigenvalue weighted by molar-refractivity contribution is 0.0720. The zero-order valence-electron chi connectivity index (χ0n) is 7.68. The van der Waals surface area contributed by atoms with Crippen LogP contribution in [0.25, 0.3) is 0 Å². The minimum Gasteiger partial charge on any atom is -0.396 e. The zero-order valence-corrected chi connectivity index (χ0v) is 7.68. The molecule has 0 saturated carbocycles. The first-order valence-electron chi connectivity index (χ1n) is 4.52. The summed E-state index contributed by atoms with van der Waals surface area (Å²) in [5.41, 5.74) is 1.07. The number of aliphatic hydroxyl groups excluding tert-OH is 1. The van der Waals surface area contributed by atoms with Gasteiger partial charge in [0.2, 0.25) is 0 Å². The largest absolute Gasteiger partial charge is 0.396 e. The molecule has 72 valence electrons. The van der Waals surface area contributed by atoms with Crippen molar-refractivity contribution in [2.24, 2.45) is 13.0 Å². The van der Waals surface area contributed by atoms with Crippen LogP contribution in [0.1, 0.15) is 18.1 Å². The minimum absolute atomic E-state index is 0.0405. The van der Waals surface area contributed by atoms with E-state index in [1.165, 1.54) is 0 Å². The molecule has 1 aromatic heterocycles. The first kappa shape index (κ1) is 8.72. The molecule has 1 N–H and O–H groups in total. The average Bonchev–Trinajstić information content (AvgIpc) is 2.71. The molecule has 0 aliphatic carbocycles. The number of aromatic nitrogens is 2. The second-order valence-corrected chi connectivity index (χ2v) is 3.47. The third kappa shape index (κ3) is 1.59. The second kappa shape index (κ2) is 3.47.